The molecule has 1 amide bonds. The van der Waals surface area contributed by atoms with Crippen molar-refractivity contribution in [2.75, 3.05) is 13.2 Å². The van der Waals surface area contributed by atoms with Gasteiger partial charge in [-0.05, 0) is 35.9 Å². The molecule has 0 spiro atoms. The Morgan fingerprint density at radius 2 is 2.09 bits per heavy atom. The van der Waals surface area contributed by atoms with E-state index in [1.165, 1.54) is 10.4 Å². The molecule has 3 nitrogen and oxygen atoms in total. The zero-order chi connectivity index (χ0) is 15.5. The summed E-state index contributed by atoms with van der Waals surface area (Å²) >= 11 is 1.75. The van der Waals surface area contributed by atoms with E-state index in [1.54, 1.807) is 16.2 Å². The molecule has 1 fully saturated rings. The van der Waals surface area contributed by atoms with Crippen molar-refractivity contribution in [1.82, 2.24) is 4.90 Å². The van der Waals surface area contributed by atoms with Crippen LogP contribution in [-0.4, -0.2) is 29.1 Å². The maximum atomic E-state index is 12.7. The van der Waals surface area contributed by atoms with Crippen molar-refractivity contribution in [2.45, 2.75) is 25.8 Å². The summed E-state index contributed by atoms with van der Waals surface area (Å²) in [6.07, 6.45) is 0.941. The van der Waals surface area contributed by atoms with Crippen LogP contribution in [0.15, 0.2) is 41.8 Å². The van der Waals surface area contributed by atoms with Gasteiger partial charge in [0.2, 0.25) is 5.91 Å². The van der Waals surface area contributed by atoms with E-state index in [0.29, 0.717) is 19.0 Å². The number of benzene rings is 1. The van der Waals surface area contributed by atoms with Gasteiger partial charge < -0.3 is 10.0 Å². The van der Waals surface area contributed by atoms with Gasteiger partial charge in [-0.25, -0.2) is 0 Å². The van der Waals surface area contributed by atoms with Crippen LogP contribution in [0.2, 0.25) is 0 Å². The third kappa shape index (κ3) is 3.23. The van der Waals surface area contributed by atoms with E-state index >= 15 is 0 Å². The van der Waals surface area contributed by atoms with Crippen molar-refractivity contribution in [1.29, 1.82) is 0 Å². The van der Waals surface area contributed by atoms with Gasteiger partial charge in [-0.3, -0.25) is 4.79 Å². The van der Waals surface area contributed by atoms with Crippen molar-refractivity contribution in [2.24, 2.45) is 5.92 Å². The molecule has 0 bridgehead atoms. The third-order valence-corrected chi connectivity index (χ3v) is 5.39. The maximum Gasteiger partial charge on any atom is 0.226 e. The van der Waals surface area contributed by atoms with E-state index in [0.717, 1.165) is 12.0 Å². The highest BCUT2D eigenvalue weighted by Crippen LogP contribution is 2.51. The van der Waals surface area contributed by atoms with E-state index in [2.05, 4.69) is 18.4 Å². The lowest BCUT2D eigenvalue weighted by Gasteiger charge is -2.22. The zero-order valence-electron chi connectivity index (χ0n) is 12.7. The van der Waals surface area contributed by atoms with E-state index in [4.69, 9.17) is 0 Å². The highest BCUT2D eigenvalue weighted by molar-refractivity contribution is 7.10. The number of thiophene rings is 1. The first-order valence-corrected chi connectivity index (χ1v) is 8.56. The topological polar surface area (TPSA) is 40.5 Å². The standard InChI is InChI=1S/C18H21NO2S/c1-13-7-10-22-17(13)15-11-16(15)18(21)19(8-9-20)12-14-5-3-2-4-6-14/h2-7,10,15-16,20H,8-9,11-12H2,1H3. The van der Waals surface area contributed by atoms with Crippen LogP contribution in [0.5, 0.6) is 0 Å². The molecule has 1 aliphatic carbocycles. The number of aliphatic hydroxyl groups excluding tert-OH is 1. The number of rotatable bonds is 6. The maximum absolute atomic E-state index is 12.7. The molecule has 116 valence electrons. The number of nitrogens with zero attached hydrogens (tertiary/aromatic N) is 1. The average molecular weight is 315 g/mol. The SMILES string of the molecule is Cc1ccsc1C1CC1C(=O)N(CCO)Cc1ccccc1. The fourth-order valence-corrected chi connectivity index (χ4v) is 4.06. The Kier molecular flexibility index (Phi) is 4.60. The molecule has 22 heavy (non-hydrogen) atoms. The molecule has 1 aromatic heterocycles. The predicted molar refractivity (Wildman–Crippen MR) is 88.8 cm³/mol. The smallest absolute Gasteiger partial charge is 0.226 e. The summed E-state index contributed by atoms with van der Waals surface area (Å²) in [5.74, 6) is 0.646. The predicted octanol–water partition coefficient (Wildman–Crippen LogP) is 3.18. The van der Waals surface area contributed by atoms with Crippen LogP contribution >= 0.6 is 11.3 Å². The molecular weight excluding hydrogens is 294 g/mol. The molecule has 2 unspecified atom stereocenters. The Morgan fingerprint density at radius 3 is 2.73 bits per heavy atom. The molecule has 0 radical (unpaired) electrons. The first-order valence-electron chi connectivity index (χ1n) is 7.68. The minimum atomic E-state index is 0.00793. The summed E-state index contributed by atoms with van der Waals surface area (Å²) in [7, 11) is 0. The highest BCUT2D eigenvalue weighted by Gasteiger charge is 2.46. The van der Waals surface area contributed by atoms with Crippen molar-refractivity contribution in [3.8, 4) is 0 Å². The first kappa shape index (κ1) is 15.3. The monoisotopic (exact) mass is 315 g/mol. The number of hydrogen-bond donors (Lipinski definition) is 1. The van der Waals surface area contributed by atoms with Crippen LogP contribution in [0, 0.1) is 12.8 Å². The second-order valence-corrected chi connectivity index (χ2v) is 6.83. The van der Waals surface area contributed by atoms with Crippen LogP contribution in [0.3, 0.4) is 0 Å². The number of aliphatic hydroxyl groups is 1. The Morgan fingerprint density at radius 1 is 1.32 bits per heavy atom. The number of aryl methyl sites for hydroxylation is 1. The van der Waals surface area contributed by atoms with Crippen molar-refractivity contribution >= 4 is 17.2 Å². The van der Waals surface area contributed by atoms with Gasteiger partial charge in [0, 0.05) is 29.8 Å². The third-order valence-electron chi connectivity index (χ3n) is 4.24. The van der Waals surface area contributed by atoms with Crippen LogP contribution in [-0.2, 0) is 11.3 Å². The molecular formula is C18H21NO2S. The van der Waals surface area contributed by atoms with Crippen molar-refractivity contribution < 1.29 is 9.90 Å². The average Bonchev–Trinajstić information content (AvgIpc) is 3.21. The van der Waals surface area contributed by atoms with Crippen LogP contribution in [0.1, 0.15) is 28.3 Å². The molecule has 0 saturated heterocycles. The molecule has 2 atom stereocenters. The summed E-state index contributed by atoms with van der Waals surface area (Å²) in [6.45, 7) is 3.10. The Labute approximate surface area is 135 Å². The molecule has 1 N–H and O–H groups in total. The zero-order valence-corrected chi connectivity index (χ0v) is 13.6. The van der Waals surface area contributed by atoms with E-state index in [1.807, 2.05) is 30.3 Å². The van der Waals surface area contributed by atoms with Gasteiger partial charge in [0.15, 0.2) is 0 Å². The minimum absolute atomic E-state index is 0.00793. The van der Waals surface area contributed by atoms with Gasteiger partial charge in [-0.1, -0.05) is 30.3 Å². The summed E-state index contributed by atoms with van der Waals surface area (Å²) in [5.41, 5.74) is 2.40. The first-order chi connectivity index (χ1) is 10.7. The lowest BCUT2D eigenvalue weighted by Crippen LogP contribution is -2.34. The summed E-state index contributed by atoms with van der Waals surface area (Å²) in [6, 6.07) is 12.1. The van der Waals surface area contributed by atoms with Gasteiger partial charge in [-0.15, -0.1) is 11.3 Å². The number of carbonyl (C=O) groups excluding carboxylic acids is 1. The summed E-state index contributed by atoms with van der Waals surface area (Å²) in [4.78, 5) is 15.9. The molecule has 1 saturated carbocycles. The van der Waals surface area contributed by atoms with Crippen LogP contribution in [0.25, 0.3) is 0 Å². The second-order valence-electron chi connectivity index (χ2n) is 5.89. The van der Waals surface area contributed by atoms with Crippen LogP contribution < -0.4 is 0 Å². The van der Waals surface area contributed by atoms with Crippen molar-refractivity contribution in [3.05, 3.63) is 57.8 Å². The van der Waals surface area contributed by atoms with Gasteiger partial charge in [-0.2, -0.15) is 0 Å². The quantitative estimate of drug-likeness (QED) is 0.889. The Bertz CT molecular complexity index is 638. The lowest BCUT2D eigenvalue weighted by atomic mass is 10.1. The van der Waals surface area contributed by atoms with Gasteiger partial charge >= 0.3 is 0 Å². The fourth-order valence-electron chi connectivity index (χ4n) is 2.95. The lowest BCUT2D eigenvalue weighted by molar-refractivity contribution is -0.133. The molecule has 3 rings (SSSR count). The highest BCUT2D eigenvalue weighted by atomic mass is 32.1. The Balaban J connectivity index is 1.68. The Hall–Kier alpha value is -1.65. The number of hydrogen-bond acceptors (Lipinski definition) is 3. The number of amides is 1. The van der Waals surface area contributed by atoms with E-state index in [-0.39, 0.29) is 18.4 Å². The second kappa shape index (κ2) is 6.63. The molecule has 1 aromatic carbocycles. The fraction of sp³-hybridized carbons (Fsp3) is 0.389. The molecule has 1 heterocycles. The van der Waals surface area contributed by atoms with E-state index in [9.17, 15) is 9.90 Å². The van der Waals surface area contributed by atoms with Gasteiger partial charge in [0.05, 0.1) is 6.61 Å². The van der Waals surface area contributed by atoms with Crippen molar-refractivity contribution in [3.63, 3.8) is 0 Å². The molecule has 0 aliphatic heterocycles. The normalized spacial score (nSPS) is 19.9. The largest absolute Gasteiger partial charge is 0.395 e. The summed E-state index contributed by atoms with van der Waals surface area (Å²) in [5, 5.41) is 11.4. The minimum Gasteiger partial charge on any atom is -0.395 e. The molecule has 2 aromatic rings. The summed E-state index contributed by atoms with van der Waals surface area (Å²) < 4.78 is 0. The number of carbonyl (C=O) groups is 1. The van der Waals surface area contributed by atoms with Crippen LogP contribution in [0.4, 0.5) is 0 Å². The van der Waals surface area contributed by atoms with E-state index < -0.39 is 0 Å². The van der Waals surface area contributed by atoms with Gasteiger partial charge in [0.25, 0.3) is 0 Å². The van der Waals surface area contributed by atoms with Gasteiger partial charge in [0.1, 0.15) is 0 Å². The molecule has 1 aliphatic rings. The molecule has 4 heteroatoms.